The van der Waals surface area contributed by atoms with Crippen molar-refractivity contribution in [1.29, 1.82) is 0 Å². The highest BCUT2D eigenvalue weighted by molar-refractivity contribution is 9.10. The third-order valence-corrected chi connectivity index (χ3v) is 4.32. The molecule has 5 nitrogen and oxygen atoms in total. The first kappa shape index (κ1) is 29.9. The molecule has 0 spiro atoms. The Kier molecular flexibility index (Phi) is 15.1. The Morgan fingerprint density at radius 1 is 0.931 bits per heavy atom. The first-order valence-corrected chi connectivity index (χ1v) is 10.1. The molecule has 3 rings (SSSR count). The number of rotatable bonds is 2. The van der Waals surface area contributed by atoms with E-state index in [2.05, 4.69) is 55.7 Å². The average Bonchev–Trinajstić information content (AvgIpc) is 3.03. The minimum Gasteiger partial charge on any atom is -0.397 e. The molecule has 29 heavy (non-hydrogen) atoms. The zero-order valence-corrected chi connectivity index (χ0v) is 21.6. The van der Waals surface area contributed by atoms with Crippen LogP contribution < -0.4 is 11.5 Å². The van der Waals surface area contributed by atoms with Crippen LogP contribution in [-0.4, -0.2) is 16.3 Å². The van der Waals surface area contributed by atoms with Gasteiger partial charge in [0.25, 0.3) is 0 Å². The zero-order chi connectivity index (χ0) is 20.6. The maximum atomic E-state index is 9.50. The summed E-state index contributed by atoms with van der Waals surface area (Å²) in [5.41, 5.74) is 14.3. The van der Waals surface area contributed by atoms with E-state index in [9.17, 15) is 4.79 Å². The molecule has 0 saturated carbocycles. The number of imidazole rings is 1. The van der Waals surface area contributed by atoms with Crippen LogP contribution in [0.25, 0.3) is 11.0 Å². The summed E-state index contributed by atoms with van der Waals surface area (Å²) in [6.07, 6.45) is 0.917. The van der Waals surface area contributed by atoms with Gasteiger partial charge in [-0.05, 0) is 36.4 Å². The lowest BCUT2D eigenvalue weighted by molar-refractivity contribution is -0.110. The number of nitrogens with zero attached hydrogens (tertiary/aromatic N) is 1. The summed E-state index contributed by atoms with van der Waals surface area (Å²) in [6.45, 7) is 7.97. The Balaban J connectivity index is 0. The molecule has 2 aromatic carbocycles. The number of fused-ring (bicyclic) bond motifs is 1. The van der Waals surface area contributed by atoms with Crippen molar-refractivity contribution in [2.24, 2.45) is 5.92 Å². The third-order valence-electron chi connectivity index (χ3n) is 3.33. The van der Waals surface area contributed by atoms with Crippen LogP contribution in [0.4, 0.5) is 11.4 Å². The van der Waals surface area contributed by atoms with E-state index in [1.807, 2.05) is 38.1 Å². The number of carbonyl (C=O) groups is 1. The van der Waals surface area contributed by atoms with Gasteiger partial charge in [0.15, 0.2) is 0 Å². The quantitative estimate of drug-likeness (QED) is 0.234. The minimum absolute atomic E-state index is 0. The average molecular weight is 571 g/mol. The molecule has 5 N–H and O–H groups in total. The van der Waals surface area contributed by atoms with E-state index in [1.165, 1.54) is 0 Å². The Hall–Kier alpha value is -1.28. The van der Waals surface area contributed by atoms with Crippen molar-refractivity contribution in [3.63, 3.8) is 0 Å². The van der Waals surface area contributed by atoms with Gasteiger partial charge in [-0.3, -0.25) is 0 Å². The Bertz CT molecular complexity index is 886. The van der Waals surface area contributed by atoms with Crippen LogP contribution in [0.3, 0.4) is 0 Å². The van der Waals surface area contributed by atoms with E-state index in [1.54, 1.807) is 12.1 Å². The predicted molar refractivity (Wildman–Crippen MR) is 136 cm³/mol. The molecule has 3 aromatic rings. The van der Waals surface area contributed by atoms with Crippen molar-refractivity contribution in [3.05, 3.63) is 51.2 Å². The molecule has 0 aliphatic heterocycles. The fourth-order valence-corrected chi connectivity index (χ4v) is 2.56. The summed E-state index contributed by atoms with van der Waals surface area (Å²) in [4.78, 5) is 17.3. The molecule has 0 amide bonds. The van der Waals surface area contributed by atoms with Crippen LogP contribution in [0.1, 0.15) is 39.4 Å². The molecule has 0 saturated heterocycles. The third kappa shape index (κ3) is 10.9. The summed E-state index contributed by atoms with van der Waals surface area (Å²) in [7, 11) is 0. The highest BCUT2D eigenvalue weighted by Gasteiger charge is 2.05. The zero-order valence-electron chi connectivity index (χ0n) is 16.8. The lowest BCUT2D eigenvalue weighted by Gasteiger charge is -1.97. The number of aromatic nitrogens is 2. The number of nitrogens with one attached hydrogen (secondary N) is 1. The fourth-order valence-electron chi connectivity index (χ4n) is 1.82. The Labute approximate surface area is 201 Å². The second-order valence-corrected chi connectivity index (χ2v) is 8.42. The van der Waals surface area contributed by atoms with Gasteiger partial charge in [0.1, 0.15) is 12.1 Å². The van der Waals surface area contributed by atoms with Gasteiger partial charge in [0.2, 0.25) is 0 Å². The summed E-state index contributed by atoms with van der Waals surface area (Å²) in [5, 5.41) is 0. The molecular weight excluding hydrogens is 543 g/mol. The molecular formula is C20H28Br2Cl2N4O. The SMILES string of the molecule is CC(C)C=O.CC(C)c1nc2ccc(Br)cc2[nH]1.Cl.Cl.Nc1ccc(Br)cc1N. The fraction of sp³-hybridized carbons (Fsp3) is 0.300. The molecule has 0 unspecified atom stereocenters. The van der Waals surface area contributed by atoms with Gasteiger partial charge in [0.05, 0.1) is 22.4 Å². The molecule has 0 bridgehead atoms. The number of nitrogen functional groups attached to an aromatic ring is 2. The maximum Gasteiger partial charge on any atom is 0.122 e. The number of hydrogen-bond acceptors (Lipinski definition) is 4. The highest BCUT2D eigenvalue weighted by atomic mass is 79.9. The van der Waals surface area contributed by atoms with Crippen molar-refractivity contribution in [1.82, 2.24) is 9.97 Å². The molecule has 0 radical (unpaired) electrons. The van der Waals surface area contributed by atoms with Crippen molar-refractivity contribution in [2.75, 3.05) is 11.5 Å². The topological polar surface area (TPSA) is 97.8 Å². The standard InChI is InChI=1S/C10H11BrN2.C6H7BrN2.C4H8O.2ClH/c1-6(2)10-12-8-4-3-7(11)5-9(8)13-10;7-4-1-2-5(8)6(9)3-4;1-4(2)3-5;;/h3-6H,1-2H3,(H,12,13);1-3H,8-9H2;3-4H,1-2H3;2*1H. The molecule has 162 valence electrons. The summed E-state index contributed by atoms with van der Waals surface area (Å²) in [5.74, 6) is 1.70. The van der Waals surface area contributed by atoms with Crippen molar-refractivity contribution in [3.8, 4) is 0 Å². The summed E-state index contributed by atoms with van der Waals surface area (Å²) in [6, 6.07) is 11.5. The van der Waals surface area contributed by atoms with Gasteiger partial charge in [-0.15, -0.1) is 24.8 Å². The first-order valence-electron chi connectivity index (χ1n) is 8.55. The number of anilines is 2. The number of halogens is 4. The molecule has 9 heteroatoms. The smallest absolute Gasteiger partial charge is 0.122 e. The van der Waals surface area contributed by atoms with Crippen molar-refractivity contribution < 1.29 is 4.79 Å². The number of H-pyrrole nitrogens is 1. The van der Waals surface area contributed by atoms with E-state index in [0.717, 1.165) is 32.1 Å². The molecule has 0 fully saturated rings. The number of hydrogen-bond donors (Lipinski definition) is 3. The first-order chi connectivity index (χ1) is 12.6. The predicted octanol–water partition coefficient (Wildman–Crippen LogP) is 6.75. The van der Waals surface area contributed by atoms with Crippen LogP contribution in [0, 0.1) is 5.92 Å². The van der Waals surface area contributed by atoms with E-state index in [0.29, 0.717) is 17.3 Å². The van der Waals surface area contributed by atoms with E-state index in [-0.39, 0.29) is 30.7 Å². The summed E-state index contributed by atoms with van der Waals surface area (Å²) >= 11 is 6.69. The van der Waals surface area contributed by atoms with Gasteiger partial charge < -0.3 is 21.2 Å². The monoisotopic (exact) mass is 568 g/mol. The molecule has 0 aliphatic carbocycles. The van der Waals surface area contributed by atoms with Gasteiger partial charge >= 0.3 is 0 Å². The van der Waals surface area contributed by atoms with E-state index in [4.69, 9.17) is 11.5 Å². The van der Waals surface area contributed by atoms with Gasteiger partial charge in [-0.2, -0.15) is 0 Å². The second-order valence-electron chi connectivity index (χ2n) is 6.59. The maximum absolute atomic E-state index is 9.50. The van der Waals surface area contributed by atoms with Crippen LogP contribution in [-0.2, 0) is 4.79 Å². The Morgan fingerprint density at radius 2 is 1.45 bits per heavy atom. The lowest BCUT2D eigenvalue weighted by atomic mass is 10.2. The molecule has 1 heterocycles. The van der Waals surface area contributed by atoms with Crippen LogP contribution in [0.5, 0.6) is 0 Å². The molecule has 1 aromatic heterocycles. The number of aldehydes is 1. The number of carbonyl (C=O) groups excluding carboxylic acids is 1. The Morgan fingerprint density at radius 3 is 1.90 bits per heavy atom. The van der Waals surface area contributed by atoms with E-state index >= 15 is 0 Å². The van der Waals surface area contributed by atoms with Gasteiger partial charge in [0, 0.05) is 20.8 Å². The lowest BCUT2D eigenvalue weighted by Crippen LogP contribution is -1.92. The van der Waals surface area contributed by atoms with E-state index < -0.39 is 0 Å². The van der Waals surface area contributed by atoms with Crippen molar-refractivity contribution in [2.45, 2.75) is 33.6 Å². The largest absolute Gasteiger partial charge is 0.397 e. The van der Waals surface area contributed by atoms with Crippen LogP contribution in [0.2, 0.25) is 0 Å². The number of aromatic amines is 1. The molecule has 0 atom stereocenters. The molecule has 0 aliphatic rings. The normalized spacial score (nSPS) is 9.52. The number of nitrogens with two attached hydrogens (primary N) is 2. The van der Waals surface area contributed by atoms with Crippen molar-refractivity contribution >= 4 is 85.4 Å². The second kappa shape index (κ2) is 14.7. The van der Waals surface area contributed by atoms with Crippen LogP contribution in [0.15, 0.2) is 45.3 Å². The van der Waals surface area contributed by atoms with Gasteiger partial charge in [-0.25, -0.2) is 4.98 Å². The number of benzene rings is 2. The minimum atomic E-state index is 0. The van der Waals surface area contributed by atoms with Gasteiger partial charge in [-0.1, -0.05) is 59.6 Å². The summed E-state index contributed by atoms with van der Waals surface area (Å²) < 4.78 is 2.04. The highest BCUT2D eigenvalue weighted by Crippen LogP contribution is 2.21. The van der Waals surface area contributed by atoms with Crippen LogP contribution >= 0.6 is 56.7 Å².